The van der Waals surface area contributed by atoms with Crippen molar-refractivity contribution >= 4 is 24.5 Å². The quantitative estimate of drug-likeness (QED) is 0.140. The minimum absolute atomic E-state index is 0.205. The molecule has 4 atom stereocenters. The van der Waals surface area contributed by atoms with Crippen LogP contribution in [0.15, 0.2) is 30.3 Å². The van der Waals surface area contributed by atoms with Crippen molar-refractivity contribution in [1.29, 1.82) is 0 Å². The predicted octanol–water partition coefficient (Wildman–Crippen LogP) is 2.55. The van der Waals surface area contributed by atoms with Gasteiger partial charge in [-0.15, -0.1) is 0 Å². The van der Waals surface area contributed by atoms with Crippen molar-refractivity contribution < 1.29 is 19.2 Å². The third-order valence-corrected chi connectivity index (χ3v) is 6.12. The number of amides is 1. The lowest BCUT2D eigenvalue weighted by atomic mass is 9.93. The summed E-state index contributed by atoms with van der Waals surface area (Å²) in [5.74, 6) is -1.000. The number of nitrogens with one attached hydrogen (secondary N) is 1. The van der Waals surface area contributed by atoms with E-state index in [1.165, 1.54) is 5.06 Å². The first kappa shape index (κ1) is 25.6. The Morgan fingerprint density at radius 2 is 2.10 bits per heavy atom. The van der Waals surface area contributed by atoms with Crippen molar-refractivity contribution in [1.82, 2.24) is 10.4 Å². The van der Waals surface area contributed by atoms with E-state index in [9.17, 15) is 9.59 Å². The van der Waals surface area contributed by atoms with Crippen LogP contribution in [0.5, 0.6) is 0 Å². The summed E-state index contributed by atoms with van der Waals surface area (Å²) in [6.45, 7) is 6.69. The molecule has 0 aliphatic carbocycles. The van der Waals surface area contributed by atoms with Crippen molar-refractivity contribution in [3.8, 4) is 0 Å². The van der Waals surface area contributed by atoms with Crippen LogP contribution in [0.25, 0.3) is 0 Å². The molecule has 31 heavy (non-hydrogen) atoms. The van der Waals surface area contributed by atoms with E-state index in [1.54, 1.807) is 0 Å². The summed E-state index contributed by atoms with van der Waals surface area (Å²) >= 11 is 4.23. The number of thiol groups is 1. The number of hydrogen-bond donors (Lipinski definition) is 3. The lowest BCUT2D eigenvalue weighted by Crippen LogP contribution is -2.68. The molecule has 8 heteroatoms. The molecule has 1 aliphatic rings. The third kappa shape index (κ3) is 6.44. The maximum absolute atomic E-state index is 13.6. The number of carbonyl (C=O) groups is 2. The number of nitrogens with zero attached hydrogens (tertiary/aromatic N) is 1. The highest BCUT2D eigenvalue weighted by Crippen LogP contribution is 2.33. The van der Waals surface area contributed by atoms with Crippen LogP contribution in [0.2, 0.25) is 0 Å². The molecule has 0 aromatic heterocycles. The number of cyclic esters (lactones) is 1. The fourth-order valence-electron chi connectivity index (χ4n) is 3.69. The van der Waals surface area contributed by atoms with Crippen LogP contribution >= 0.6 is 12.6 Å². The van der Waals surface area contributed by atoms with E-state index in [0.717, 1.165) is 24.8 Å². The van der Waals surface area contributed by atoms with Gasteiger partial charge in [-0.2, -0.15) is 17.7 Å². The van der Waals surface area contributed by atoms with Crippen LogP contribution in [0.1, 0.15) is 45.6 Å². The fourth-order valence-corrected chi connectivity index (χ4v) is 3.82. The van der Waals surface area contributed by atoms with Crippen LogP contribution in [0.3, 0.4) is 0 Å². The number of rotatable bonds is 13. The minimum Gasteiger partial charge on any atom is -0.462 e. The highest BCUT2D eigenvalue weighted by molar-refractivity contribution is 7.80. The molecule has 7 nitrogen and oxygen atoms in total. The maximum atomic E-state index is 13.6. The van der Waals surface area contributed by atoms with Crippen molar-refractivity contribution in [2.75, 3.05) is 25.5 Å². The lowest BCUT2D eigenvalue weighted by Gasteiger charge is -2.41. The van der Waals surface area contributed by atoms with Gasteiger partial charge in [0.15, 0.2) is 0 Å². The van der Waals surface area contributed by atoms with Gasteiger partial charge in [0.2, 0.25) is 5.66 Å². The Morgan fingerprint density at radius 1 is 1.39 bits per heavy atom. The Hall–Kier alpha value is -1.61. The summed E-state index contributed by atoms with van der Waals surface area (Å²) in [7, 11) is 0. The summed E-state index contributed by atoms with van der Waals surface area (Å²) < 4.78 is 5.37. The minimum atomic E-state index is -1.41. The van der Waals surface area contributed by atoms with E-state index in [2.05, 4.69) is 24.9 Å². The molecule has 1 amide bonds. The molecule has 1 fully saturated rings. The average molecular weight is 452 g/mol. The molecule has 0 bridgehead atoms. The number of unbranched alkanes of at least 4 members (excludes halogenated alkanes) is 2. The smallest absolute Gasteiger partial charge is 0.350 e. The van der Waals surface area contributed by atoms with Crippen molar-refractivity contribution in [2.24, 2.45) is 17.6 Å². The molecular weight excluding hydrogens is 414 g/mol. The van der Waals surface area contributed by atoms with Crippen molar-refractivity contribution in [3.05, 3.63) is 35.9 Å². The summed E-state index contributed by atoms with van der Waals surface area (Å²) in [6, 6.07) is 9.54. The third-order valence-electron chi connectivity index (χ3n) is 5.65. The molecule has 174 valence electrons. The van der Waals surface area contributed by atoms with Gasteiger partial charge in [-0.1, -0.05) is 63.9 Å². The van der Waals surface area contributed by atoms with Gasteiger partial charge in [0.1, 0.15) is 0 Å². The monoisotopic (exact) mass is 451 g/mol. The second-order valence-electron chi connectivity index (χ2n) is 8.35. The van der Waals surface area contributed by atoms with E-state index < -0.39 is 11.6 Å². The van der Waals surface area contributed by atoms with Gasteiger partial charge < -0.3 is 10.5 Å². The van der Waals surface area contributed by atoms with Crippen LogP contribution < -0.4 is 11.1 Å². The second-order valence-corrected chi connectivity index (χ2v) is 8.72. The Labute approximate surface area is 191 Å². The SMILES string of the molecule is CCCCCON(C(=O)C(C)Cc1ccccc1)[C@@]1(NCC(N)CS)C(=O)OC[C@H]1C. The molecule has 1 aromatic carbocycles. The number of nitrogens with two attached hydrogens (primary N) is 1. The van der Waals surface area contributed by atoms with Gasteiger partial charge in [0, 0.05) is 30.2 Å². The Bertz CT molecular complexity index is 705. The average Bonchev–Trinajstić information content (AvgIpc) is 3.06. The van der Waals surface area contributed by atoms with Crippen LogP contribution in [0.4, 0.5) is 0 Å². The molecule has 0 spiro atoms. The number of hydroxylamine groups is 2. The lowest BCUT2D eigenvalue weighted by molar-refractivity contribution is -0.237. The first-order chi connectivity index (χ1) is 14.9. The van der Waals surface area contributed by atoms with Crippen molar-refractivity contribution in [2.45, 2.75) is 58.2 Å². The number of benzene rings is 1. The van der Waals surface area contributed by atoms with Crippen LogP contribution in [0, 0.1) is 11.8 Å². The molecule has 0 radical (unpaired) electrons. The second kappa shape index (κ2) is 12.4. The Kier molecular flexibility index (Phi) is 10.3. The molecule has 3 N–H and O–H groups in total. The summed E-state index contributed by atoms with van der Waals surface area (Å²) in [4.78, 5) is 32.6. The molecule has 1 heterocycles. The predicted molar refractivity (Wildman–Crippen MR) is 124 cm³/mol. The van der Waals surface area contributed by atoms with Gasteiger partial charge in [0.25, 0.3) is 5.91 Å². The molecule has 1 aromatic rings. The zero-order valence-corrected chi connectivity index (χ0v) is 19.8. The van der Waals surface area contributed by atoms with Crippen LogP contribution in [-0.2, 0) is 25.6 Å². The maximum Gasteiger partial charge on any atom is 0.350 e. The van der Waals surface area contributed by atoms with Gasteiger partial charge >= 0.3 is 5.97 Å². The van der Waals surface area contributed by atoms with Crippen molar-refractivity contribution in [3.63, 3.8) is 0 Å². The Morgan fingerprint density at radius 3 is 2.68 bits per heavy atom. The highest BCUT2D eigenvalue weighted by Gasteiger charge is 2.58. The molecule has 1 aliphatic heterocycles. The fraction of sp³-hybridized carbons (Fsp3) is 0.652. The zero-order valence-electron chi connectivity index (χ0n) is 18.9. The molecule has 2 unspecified atom stereocenters. The van der Waals surface area contributed by atoms with E-state index in [4.69, 9.17) is 15.3 Å². The van der Waals surface area contributed by atoms with Gasteiger partial charge in [-0.05, 0) is 18.4 Å². The Balaban J connectivity index is 2.30. The number of hydrogen-bond acceptors (Lipinski definition) is 7. The van der Waals surface area contributed by atoms with E-state index in [1.807, 2.05) is 44.2 Å². The van der Waals surface area contributed by atoms with Gasteiger partial charge in [-0.25, -0.2) is 4.79 Å². The van der Waals surface area contributed by atoms with E-state index >= 15 is 0 Å². The summed E-state index contributed by atoms with van der Waals surface area (Å²) in [5, 5.41) is 4.47. The molecule has 2 rings (SSSR count). The zero-order chi connectivity index (χ0) is 22.9. The topological polar surface area (TPSA) is 93.9 Å². The number of carbonyl (C=O) groups excluding carboxylic acids is 2. The van der Waals surface area contributed by atoms with Gasteiger partial charge in [-0.3, -0.25) is 14.9 Å². The van der Waals surface area contributed by atoms with Crippen LogP contribution in [-0.4, -0.2) is 54.2 Å². The highest BCUT2D eigenvalue weighted by atomic mass is 32.1. The largest absolute Gasteiger partial charge is 0.462 e. The summed E-state index contributed by atoms with van der Waals surface area (Å²) in [5.41, 5.74) is 5.69. The molecule has 1 saturated heterocycles. The normalized spacial score (nSPS) is 22.7. The molecular formula is C23H37N3O4S. The number of esters is 1. The van der Waals surface area contributed by atoms with Gasteiger partial charge in [0.05, 0.1) is 13.2 Å². The first-order valence-corrected chi connectivity index (χ1v) is 11.8. The summed E-state index contributed by atoms with van der Waals surface area (Å²) in [6.07, 6.45) is 3.35. The van der Waals surface area contributed by atoms with E-state index in [0.29, 0.717) is 25.3 Å². The number of ether oxygens (including phenoxy) is 1. The standard InChI is InChI=1S/C23H37N3O4S/c1-4-5-9-12-30-26(21(27)17(2)13-19-10-7-6-8-11-19)23(25-14-20(24)16-31)18(3)15-29-22(23)28/h6-8,10-11,17-18,20,25,31H,4-5,9,12-16,24H2,1-3H3/t17?,18-,20?,23-/m1/s1. The van der Waals surface area contributed by atoms with E-state index in [-0.39, 0.29) is 30.4 Å². The first-order valence-electron chi connectivity index (χ1n) is 11.2. The molecule has 0 saturated carbocycles.